The van der Waals surface area contributed by atoms with Crippen LogP contribution >= 0.6 is 22.9 Å². The monoisotopic (exact) mass is 406 g/mol. The second kappa shape index (κ2) is 5.41. The maximum absolute atomic E-state index is 12.4. The van der Waals surface area contributed by atoms with Crippen molar-refractivity contribution in [3.8, 4) is 0 Å². The molecule has 3 saturated carbocycles. The topological polar surface area (TPSA) is 72.2 Å². The molecule has 1 amide bonds. The van der Waals surface area contributed by atoms with Crippen molar-refractivity contribution in [1.82, 2.24) is 10.3 Å². The molecule has 3 fully saturated rings. The van der Waals surface area contributed by atoms with Gasteiger partial charge in [-0.3, -0.25) is 9.00 Å². The molecule has 26 heavy (non-hydrogen) atoms. The van der Waals surface area contributed by atoms with Gasteiger partial charge in [-0.2, -0.15) is 0 Å². The Bertz CT molecular complexity index is 1070. The Morgan fingerprint density at radius 1 is 1.31 bits per heavy atom. The van der Waals surface area contributed by atoms with Gasteiger partial charge in [-0.15, -0.1) is 11.3 Å². The Morgan fingerprint density at radius 3 is 2.77 bits per heavy atom. The molecule has 0 spiro atoms. The van der Waals surface area contributed by atoms with Crippen molar-refractivity contribution < 1.29 is 13.4 Å². The number of benzene rings is 1. The van der Waals surface area contributed by atoms with E-state index in [4.69, 9.17) is 21.0 Å². The smallest absolute Gasteiger partial charge is 0.287 e. The highest BCUT2D eigenvalue weighted by molar-refractivity contribution is 7.84. The summed E-state index contributed by atoms with van der Waals surface area (Å²) >= 11 is 7.76. The van der Waals surface area contributed by atoms with Crippen LogP contribution < -0.4 is 5.32 Å². The highest BCUT2D eigenvalue weighted by Gasteiger charge is 2.70. The van der Waals surface area contributed by atoms with Crippen LogP contribution in [-0.4, -0.2) is 26.9 Å². The van der Waals surface area contributed by atoms with E-state index in [1.807, 2.05) is 18.2 Å². The number of amides is 1. The Morgan fingerprint density at radius 2 is 2.08 bits per heavy atom. The summed E-state index contributed by atoms with van der Waals surface area (Å²) in [5, 5.41) is 5.23. The molecule has 1 atom stereocenters. The second-order valence-corrected chi connectivity index (χ2v) is 10.0. The molecule has 0 aliphatic heterocycles. The van der Waals surface area contributed by atoms with Crippen LogP contribution in [0.15, 0.2) is 39.8 Å². The highest BCUT2D eigenvalue weighted by atomic mass is 35.5. The first-order valence-electron chi connectivity index (χ1n) is 8.21. The molecule has 1 N–H and O–H groups in total. The summed E-state index contributed by atoms with van der Waals surface area (Å²) in [6, 6.07) is 8.95. The molecule has 2 aromatic heterocycles. The van der Waals surface area contributed by atoms with E-state index in [9.17, 15) is 9.00 Å². The molecular formula is C18H15ClN2O3S2. The lowest BCUT2D eigenvalue weighted by Gasteiger charge is -2.69. The normalized spacial score (nSPS) is 27.6. The van der Waals surface area contributed by atoms with Crippen molar-refractivity contribution in [2.24, 2.45) is 0 Å². The average molecular weight is 407 g/mol. The molecule has 2 heterocycles. The fourth-order valence-electron chi connectivity index (χ4n) is 4.17. The highest BCUT2D eigenvalue weighted by Crippen LogP contribution is 2.68. The maximum atomic E-state index is 12.4. The zero-order valence-electron chi connectivity index (χ0n) is 13.9. The van der Waals surface area contributed by atoms with E-state index < -0.39 is 10.8 Å². The molecular weight excluding hydrogens is 392 g/mol. The fourth-order valence-corrected chi connectivity index (χ4v) is 5.94. The van der Waals surface area contributed by atoms with E-state index >= 15 is 0 Å². The molecule has 0 radical (unpaired) electrons. The third kappa shape index (κ3) is 2.37. The predicted octanol–water partition coefficient (Wildman–Crippen LogP) is 3.88. The number of hydrogen-bond acceptors (Lipinski definition) is 5. The predicted molar refractivity (Wildman–Crippen MR) is 101 cm³/mol. The van der Waals surface area contributed by atoms with E-state index in [2.05, 4.69) is 5.32 Å². The van der Waals surface area contributed by atoms with Gasteiger partial charge in [-0.05, 0) is 49.6 Å². The molecule has 8 heteroatoms. The molecule has 2 bridgehead atoms. The lowest BCUT2D eigenvalue weighted by Crippen LogP contribution is -2.76. The Hall–Kier alpha value is -1.70. The maximum Gasteiger partial charge on any atom is 0.287 e. The molecule has 3 aliphatic rings. The van der Waals surface area contributed by atoms with Crippen molar-refractivity contribution >= 4 is 49.9 Å². The van der Waals surface area contributed by atoms with Crippen molar-refractivity contribution in [3.63, 3.8) is 0 Å². The fraction of sp³-hybridized carbons (Fsp3) is 0.333. The van der Waals surface area contributed by atoms with Crippen LogP contribution in [0.4, 0.5) is 0 Å². The van der Waals surface area contributed by atoms with Gasteiger partial charge in [0.15, 0.2) is 10.9 Å². The number of halogens is 1. The number of carbonyl (C=O) groups is 1. The Labute approximate surface area is 161 Å². The van der Waals surface area contributed by atoms with Crippen molar-refractivity contribution in [1.29, 1.82) is 0 Å². The average Bonchev–Trinajstić information content (AvgIpc) is 3.15. The van der Waals surface area contributed by atoms with Gasteiger partial charge in [0.05, 0.1) is 21.0 Å². The largest absolute Gasteiger partial charge is 0.442 e. The van der Waals surface area contributed by atoms with Crippen LogP contribution in [0.25, 0.3) is 10.2 Å². The van der Waals surface area contributed by atoms with Crippen LogP contribution in [0.3, 0.4) is 0 Å². The van der Waals surface area contributed by atoms with Crippen LogP contribution in [-0.2, 0) is 16.2 Å². The molecule has 5 nitrogen and oxygen atoms in total. The number of nitrogens with zero attached hydrogens (tertiary/aromatic N) is 1. The van der Waals surface area contributed by atoms with E-state index in [1.165, 1.54) is 6.26 Å². The number of carbonyl (C=O) groups excluding carboxylic acids is 1. The Balaban J connectivity index is 1.30. The third-order valence-electron chi connectivity index (χ3n) is 5.30. The van der Waals surface area contributed by atoms with Gasteiger partial charge in [-0.25, -0.2) is 4.98 Å². The first-order valence-corrected chi connectivity index (χ1v) is 11.0. The standard InChI is InChI=1S/C18H15ClN2O3S2/c1-26(23)14-5-3-12(24-14)15(22)21-18-7-17(8-18,9-18)16-20-11-6-10(19)2-4-13(11)25-16/h2-6H,7-9H2,1H3,(H,21,22). The van der Waals surface area contributed by atoms with Gasteiger partial charge in [0.1, 0.15) is 5.01 Å². The summed E-state index contributed by atoms with van der Waals surface area (Å²) in [4.78, 5) is 17.2. The van der Waals surface area contributed by atoms with E-state index in [0.29, 0.717) is 10.1 Å². The quantitative estimate of drug-likeness (QED) is 0.713. The minimum absolute atomic E-state index is 0.0860. The number of furan rings is 1. The second-order valence-electron chi connectivity index (χ2n) is 7.25. The molecule has 1 unspecified atom stereocenters. The molecule has 134 valence electrons. The van der Waals surface area contributed by atoms with E-state index in [0.717, 1.165) is 34.5 Å². The number of rotatable bonds is 4. The van der Waals surface area contributed by atoms with Gasteiger partial charge in [0, 0.05) is 22.2 Å². The van der Waals surface area contributed by atoms with Crippen molar-refractivity contribution in [2.75, 3.05) is 6.26 Å². The lowest BCUT2D eigenvalue weighted by atomic mass is 9.39. The number of aromatic nitrogens is 1. The molecule has 3 aliphatic carbocycles. The summed E-state index contributed by atoms with van der Waals surface area (Å²) in [7, 11) is -1.23. The van der Waals surface area contributed by atoms with Gasteiger partial charge in [0.2, 0.25) is 0 Å². The number of hydrogen-bond donors (Lipinski definition) is 1. The third-order valence-corrected chi connectivity index (χ3v) is 7.60. The van der Waals surface area contributed by atoms with Gasteiger partial charge in [0.25, 0.3) is 5.91 Å². The Kier molecular flexibility index (Phi) is 3.42. The molecule has 1 aromatic carbocycles. The van der Waals surface area contributed by atoms with Crippen molar-refractivity contribution in [2.45, 2.75) is 35.3 Å². The summed E-state index contributed by atoms with van der Waals surface area (Å²) in [5.74, 6) is -0.0327. The summed E-state index contributed by atoms with van der Waals surface area (Å²) in [6.45, 7) is 0. The van der Waals surface area contributed by atoms with E-state index in [1.54, 1.807) is 23.5 Å². The first kappa shape index (κ1) is 16.5. The minimum atomic E-state index is -1.23. The zero-order valence-corrected chi connectivity index (χ0v) is 16.3. The van der Waals surface area contributed by atoms with E-state index in [-0.39, 0.29) is 22.6 Å². The van der Waals surface area contributed by atoms with Crippen LogP contribution in [0.2, 0.25) is 5.02 Å². The number of thiazole rings is 1. The summed E-state index contributed by atoms with van der Waals surface area (Å²) in [6.07, 6.45) is 4.21. The van der Waals surface area contributed by atoms with Crippen LogP contribution in [0.1, 0.15) is 34.8 Å². The van der Waals surface area contributed by atoms with Crippen LogP contribution in [0, 0.1) is 0 Å². The first-order chi connectivity index (χ1) is 12.4. The van der Waals surface area contributed by atoms with Crippen molar-refractivity contribution in [3.05, 3.63) is 46.1 Å². The molecule has 0 saturated heterocycles. The van der Waals surface area contributed by atoms with Crippen LogP contribution in [0.5, 0.6) is 0 Å². The van der Waals surface area contributed by atoms with Gasteiger partial charge in [-0.1, -0.05) is 11.6 Å². The lowest BCUT2D eigenvalue weighted by molar-refractivity contribution is -0.0811. The number of nitrogens with one attached hydrogen (secondary N) is 1. The van der Waals surface area contributed by atoms with Gasteiger partial charge >= 0.3 is 0 Å². The summed E-state index contributed by atoms with van der Waals surface area (Å²) in [5.41, 5.74) is 0.865. The minimum Gasteiger partial charge on any atom is -0.442 e. The number of fused-ring (bicyclic) bond motifs is 1. The van der Waals surface area contributed by atoms with Gasteiger partial charge < -0.3 is 9.73 Å². The molecule has 6 rings (SSSR count). The molecule has 3 aromatic rings. The summed E-state index contributed by atoms with van der Waals surface area (Å²) < 4.78 is 17.9. The SMILES string of the molecule is CS(=O)c1ccc(C(=O)NC23CC(c4nc5cc(Cl)ccc5s4)(C2)C3)o1. The zero-order chi connectivity index (χ0) is 18.1.